The fraction of sp³-hybridized carbons (Fsp3) is 0.609. The lowest BCUT2D eigenvalue weighted by atomic mass is 9.84. The summed E-state index contributed by atoms with van der Waals surface area (Å²) in [6.07, 6.45) is -0.304. The molecule has 0 saturated heterocycles. The summed E-state index contributed by atoms with van der Waals surface area (Å²) in [4.78, 5) is 57.3. The van der Waals surface area contributed by atoms with E-state index in [-0.39, 0.29) is 60.3 Å². The molecule has 2 unspecified atom stereocenters. The van der Waals surface area contributed by atoms with Crippen LogP contribution in [0.2, 0.25) is 0 Å². The molecule has 0 rings (SSSR count). The number of likely N-dealkylation sites (N-methyl/N-ethyl adjacent to an activating group) is 1. The Balaban J connectivity index is 6.24. The summed E-state index contributed by atoms with van der Waals surface area (Å²) in [5, 5.41) is 0. The molecule has 0 aromatic carbocycles. The summed E-state index contributed by atoms with van der Waals surface area (Å²) in [5.41, 5.74) is -1.26. The van der Waals surface area contributed by atoms with Crippen LogP contribution in [0, 0.1) is 0 Å². The summed E-state index contributed by atoms with van der Waals surface area (Å²) in [7, 11) is -0.103. The lowest BCUT2D eigenvalue weighted by Gasteiger charge is -2.48. The SMILES string of the molecule is C=C(C)C(=O)OCCC(C(CCOC(=O)C(=C)C)(CCOC(=O)C(=C)C)OP(=O)([O-])O)[N+](C)(C)C. The largest absolute Gasteiger partial charge is 0.756 e. The number of esters is 3. The highest BCUT2D eigenvalue weighted by atomic mass is 31.2. The second-order valence-electron chi connectivity index (χ2n) is 9.29. The van der Waals surface area contributed by atoms with Gasteiger partial charge in [-0.2, -0.15) is 0 Å². The van der Waals surface area contributed by atoms with E-state index >= 15 is 0 Å². The molecule has 0 aliphatic carbocycles. The number of hydrogen-bond acceptors (Lipinski definition) is 9. The van der Waals surface area contributed by atoms with Gasteiger partial charge in [-0.1, -0.05) is 19.7 Å². The summed E-state index contributed by atoms with van der Waals surface area (Å²) in [6, 6.07) is -0.748. The minimum absolute atomic E-state index is 0.0887. The first-order valence-corrected chi connectivity index (χ1v) is 12.4. The van der Waals surface area contributed by atoms with E-state index in [1.54, 1.807) is 21.1 Å². The van der Waals surface area contributed by atoms with E-state index in [0.717, 1.165) is 0 Å². The van der Waals surface area contributed by atoms with Crippen molar-refractivity contribution in [2.24, 2.45) is 0 Å². The molecule has 0 amide bonds. The number of phosphoric ester groups is 1. The lowest BCUT2D eigenvalue weighted by molar-refractivity contribution is -0.904. The number of phosphoric acid groups is 1. The van der Waals surface area contributed by atoms with Crippen LogP contribution in [0.1, 0.15) is 40.0 Å². The number of hydrogen-bond donors (Lipinski definition) is 1. The molecule has 0 fully saturated rings. The van der Waals surface area contributed by atoms with E-state index in [9.17, 15) is 28.7 Å². The first kappa shape index (κ1) is 32.7. The quantitative estimate of drug-likeness (QED) is 0.105. The molecule has 0 spiro atoms. The zero-order chi connectivity index (χ0) is 27.6. The molecule has 200 valence electrons. The molecule has 11 nitrogen and oxygen atoms in total. The molecule has 12 heteroatoms. The van der Waals surface area contributed by atoms with Gasteiger partial charge in [0, 0.05) is 36.0 Å². The monoisotopic (exact) mass is 519 g/mol. The smallest absolute Gasteiger partial charge is 0.333 e. The first-order chi connectivity index (χ1) is 15.8. The predicted octanol–water partition coefficient (Wildman–Crippen LogP) is 1.81. The van der Waals surface area contributed by atoms with Crippen LogP contribution in [-0.2, 0) is 37.7 Å². The number of quaternary nitrogens is 1. The molecule has 0 aliphatic heterocycles. The Morgan fingerprint density at radius 2 is 1.20 bits per heavy atom. The summed E-state index contributed by atoms with van der Waals surface area (Å²) >= 11 is 0. The van der Waals surface area contributed by atoms with Crippen molar-refractivity contribution in [3.8, 4) is 0 Å². The van der Waals surface area contributed by atoms with Crippen LogP contribution in [0.15, 0.2) is 36.5 Å². The van der Waals surface area contributed by atoms with Crippen molar-refractivity contribution < 1.29 is 52.0 Å². The number of ether oxygens (including phenoxy) is 3. The van der Waals surface area contributed by atoms with Gasteiger partial charge in [0.25, 0.3) is 7.82 Å². The number of carbonyl (C=O) groups is 3. The molecule has 0 aromatic heterocycles. The van der Waals surface area contributed by atoms with Crippen molar-refractivity contribution in [3.05, 3.63) is 36.5 Å². The van der Waals surface area contributed by atoms with Crippen molar-refractivity contribution in [1.82, 2.24) is 0 Å². The topological polar surface area (TPSA) is 148 Å². The molecular formula is C23H38NO10P. The van der Waals surface area contributed by atoms with Gasteiger partial charge in [0.1, 0.15) is 11.6 Å². The fourth-order valence-electron chi connectivity index (χ4n) is 3.46. The minimum Gasteiger partial charge on any atom is -0.756 e. The van der Waals surface area contributed by atoms with E-state index in [1.807, 2.05) is 0 Å². The van der Waals surface area contributed by atoms with Gasteiger partial charge in [-0.15, -0.1) is 0 Å². The van der Waals surface area contributed by atoms with Gasteiger partial charge in [0.05, 0.1) is 41.0 Å². The molecule has 0 saturated carbocycles. The van der Waals surface area contributed by atoms with Crippen molar-refractivity contribution in [1.29, 1.82) is 0 Å². The number of nitrogens with zero attached hydrogens (tertiary/aromatic N) is 1. The van der Waals surface area contributed by atoms with Gasteiger partial charge in [-0.25, -0.2) is 14.4 Å². The fourth-order valence-corrected chi connectivity index (χ4v) is 4.23. The standard InChI is InChI=1S/C23H38NO10P/c1-16(2)20(25)31-13-10-19(24(7,8)9)23(34-35(28,29)30,11-14-32-21(26)17(3)4)12-15-33-22(27)18(5)6/h19H,1,3,5,10-15H2,2,4,6-9H3,(H-,28,29,30). The second-order valence-corrected chi connectivity index (χ2v) is 10.4. The summed E-state index contributed by atoms with van der Waals surface area (Å²) < 4.78 is 32.8. The Bertz CT molecular complexity index is 836. The maximum absolute atomic E-state index is 12.0. The van der Waals surface area contributed by atoms with E-state index in [4.69, 9.17) is 18.7 Å². The van der Waals surface area contributed by atoms with Crippen LogP contribution in [0.25, 0.3) is 0 Å². The first-order valence-electron chi connectivity index (χ1n) is 10.9. The van der Waals surface area contributed by atoms with Crippen LogP contribution >= 0.6 is 7.82 Å². The molecule has 0 aromatic rings. The third-order valence-corrected chi connectivity index (χ3v) is 5.62. The van der Waals surface area contributed by atoms with Crippen LogP contribution in [0.3, 0.4) is 0 Å². The van der Waals surface area contributed by atoms with Crippen molar-refractivity contribution in [2.45, 2.75) is 51.7 Å². The maximum atomic E-state index is 12.0. The van der Waals surface area contributed by atoms with Crippen LogP contribution < -0.4 is 4.89 Å². The van der Waals surface area contributed by atoms with Gasteiger partial charge in [-0.05, 0) is 20.8 Å². The Kier molecular flexibility index (Phi) is 12.8. The van der Waals surface area contributed by atoms with Crippen LogP contribution in [0.5, 0.6) is 0 Å². The van der Waals surface area contributed by atoms with Crippen LogP contribution in [0.4, 0.5) is 0 Å². The Morgan fingerprint density at radius 1 is 0.857 bits per heavy atom. The number of rotatable bonds is 16. The zero-order valence-corrected chi connectivity index (χ0v) is 22.4. The average Bonchev–Trinajstić information content (AvgIpc) is 2.68. The summed E-state index contributed by atoms with van der Waals surface area (Å²) in [5.74, 6) is -2.02. The normalized spacial score (nSPS) is 14.3. The van der Waals surface area contributed by atoms with Gasteiger partial charge >= 0.3 is 17.9 Å². The van der Waals surface area contributed by atoms with E-state index < -0.39 is 37.4 Å². The molecule has 0 bridgehead atoms. The lowest BCUT2D eigenvalue weighted by Crippen LogP contribution is -2.61. The molecular weight excluding hydrogens is 481 g/mol. The highest BCUT2D eigenvalue weighted by molar-refractivity contribution is 7.44. The third-order valence-electron chi connectivity index (χ3n) is 5.03. The van der Waals surface area contributed by atoms with Crippen molar-refractivity contribution >= 4 is 25.7 Å². The highest BCUT2D eigenvalue weighted by Gasteiger charge is 2.49. The van der Waals surface area contributed by atoms with Crippen molar-refractivity contribution in [2.75, 3.05) is 41.0 Å². The molecule has 0 heterocycles. The molecule has 1 N–H and O–H groups in total. The molecule has 0 radical (unpaired) electrons. The predicted molar refractivity (Wildman–Crippen MR) is 127 cm³/mol. The third kappa shape index (κ3) is 12.3. The zero-order valence-electron chi connectivity index (χ0n) is 21.5. The van der Waals surface area contributed by atoms with E-state index in [0.29, 0.717) is 0 Å². The van der Waals surface area contributed by atoms with E-state index in [2.05, 4.69) is 19.7 Å². The van der Waals surface area contributed by atoms with Crippen LogP contribution in [-0.4, -0.2) is 79.9 Å². The minimum atomic E-state index is -5.34. The van der Waals surface area contributed by atoms with Gasteiger partial charge in [-0.3, -0.25) is 4.57 Å². The Hall–Kier alpha value is -2.30. The molecule has 0 aliphatic rings. The van der Waals surface area contributed by atoms with Gasteiger partial charge < -0.3 is 33.0 Å². The molecule has 2 atom stereocenters. The Labute approximate surface area is 207 Å². The number of carbonyl (C=O) groups excluding carboxylic acids is 3. The Morgan fingerprint density at radius 3 is 1.49 bits per heavy atom. The summed E-state index contributed by atoms with van der Waals surface area (Å²) in [6.45, 7) is 14.2. The van der Waals surface area contributed by atoms with Crippen molar-refractivity contribution in [3.63, 3.8) is 0 Å². The highest BCUT2D eigenvalue weighted by Crippen LogP contribution is 2.45. The maximum Gasteiger partial charge on any atom is 0.333 e. The van der Waals surface area contributed by atoms with Gasteiger partial charge in [0.15, 0.2) is 0 Å². The average molecular weight is 520 g/mol. The second kappa shape index (κ2) is 13.7. The van der Waals surface area contributed by atoms with Gasteiger partial charge in [0.2, 0.25) is 0 Å². The molecule has 35 heavy (non-hydrogen) atoms. The van der Waals surface area contributed by atoms with E-state index in [1.165, 1.54) is 20.8 Å².